The lowest BCUT2D eigenvalue weighted by Gasteiger charge is -2.43. The Bertz CT molecular complexity index is 491. The zero-order valence-electron chi connectivity index (χ0n) is 12.2. The Morgan fingerprint density at radius 1 is 1.35 bits per heavy atom. The van der Waals surface area contributed by atoms with Gasteiger partial charge in [0.15, 0.2) is 0 Å². The van der Waals surface area contributed by atoms with E-state index in [4.69, 9.17) is 0 Å². The zero-order chi connectivity index (χ0) is 14.3. The molecule has 1 aromatic carbocycles. The van der Waals surface area contributed by atoms with Crippen LogP contribution in [-0.4, -0.2) is 41.7 Å². The summed E-state index contributed by atoms with van der Waals surface area (Å²) in [6.07, 6.45) is 2.24. The summed E-state index contributed by atoms with van der Waals surface area (Å²) in [6, 6.07) is 7.62. The minimum absolute atomic E-state index is 0.428. The van der Waals surface area contributed by atoms with Gasteiger partial charge < -0.3 is 10.0 Å². The molecule has 2 saturated heterocycles. The van der Waals surface area contributed by atoms with Crippen molar-refractivity contribution in [3.63, 3.8) is 0 Å². The van der Waals surface area contributed by atoms with Crippen molar-refractivity contribution in [1.82, 2.24) is 4.90 Å². The maximum Gasteiger partial charge on any atom is 0.0772 e. The second kappa shape index (κ2) is 5.66. The Labute approximate surface area is 129 Å². The van der Waals surface area contributed by atoms with E-state index in [1.165, 1.54) is 31.6 Å². The number of rotatable bonds is 2. The highest BCUT2D eigenvalue weighted by molar-refractivity contribution is 9.10. The van der Waals surface area contributed by atoms with Gasteiger partial charge in [-0.25, -0.2) is 0 Å². The second-order valence-corrected chi connectivity index (χ2v) is 7.03. The molecule has 3 nitrogen and oxygen atoms in total. The Hall–Kier alpha value is -0.580. The third-order valence-corrected chi connectivity index (χ3v) is 5.39. The summed E-state index contributed by atoms with van der Waals surface area (Å²) in [7, 11) is 0. The van der Waals surface area contributed by atoms with Crippen LogP contribution < -0.4 is 4.90 Å². The van der Waals surface area contributed by atoms with E-state index in [0.717, 1.165) is 22.6 Å². The van der Waals surface area contributed by atoms with E-state index in [2.05, 4.69) is 44.8 Å². The molecule has 0 aromatic heterocycles. The fraction of sp³-hybridized carbons (Fsp3) is 0.625. The van der Waals surface area contributed by atoms with Crippen LogP contribution in [0.15, 0.2) is 22.7 Å². The summed E-state index contributed by atoms with van der Waals surface area (Å²) in [5.41, 5.74) is 2.22. The number of fused-ring (bicyclic) bond motifs is 1. The molecule has 2 heterocycles. The number of aliphatic hydroxyl groups excluding tert-OH is 1. The molecule has 3 atom stereocenters. The van der Waals surface area contributed by atoms with E-state index in [0.29, 0.717) is 6.04 Å². The Morgan fingerprint density at radius 3 is 2.85 bits per heavy atom. The molecular formula is C16H23BrN2O. The van der Waals surface area contributed by atoms with Crippen molar-refractivity contribution >= 4 is 21.6 Å². The Kier molecular flexibility index (Phi) is 4.07. The van der Waals surface area contributed by atoms with Crippen LogP contribution in [0.1, 0.15) is 38.4 Å². The lowest BCUT2D eigenvalue weighted by Crippen LogP contribution is -2.55. The molecule has 0 bridgehead atoms. The Balaban J connectivity index is 1.83. The van der Waals surface area contributed by atoms with E-state index in [-0.39, 0.29) is 0 Å². The molecule has 0 spiro atoms. The summed E-state index contributed by atoms with van der Waals surface area (Å²) >= 11 is 3.59. The number of anilines is 1. The first-order chi connectivity index (χ1) is 9.56. The molecule has 2 aliphatic heterocycles. The van der Waals surface area contributed by atoms with Gasteiger partial charge in [0.05, 0.1) is 6.10 Å². The van der Waals surface area contributed by atoms with Crippen molar-refractivity contribution in [1.29, 1.82) is 0 Å². The predicted octanol–water partition coefficient (Wildman–Crippen LogP) is 3.18. The van der Waals surface area contributed by atoms with Crippen molar-refractivity contribution in [3.8, 4) is 0 Å². The molecule has 0 aliphatic carbocycles. The maximum atomic E-state index is 9.73. The average molecular weight is 339 g/mol. The van der Waals surface area contributed by atoms with Crippen LogP contribution in [0.3, 0.4) is 0 Å². The van der Waals surface area contributed by atoms with Crippen LogP contribution in [-0.2, 0) is 0 Å². The quantitative estimate of drug-likeness (QED) is 0.897. The van der Waals surface area contributed by atoms with Crippen LogP contribution in [0.2, 0.25) is 0 Å². The summed E-state index contributed by atoms with van der Waals surface area (Å²) in [5, 5.41) is 9.73. The molecule has 2 fully saturated rings. The number of hydrogen-bond donors (Lipinski definition) is 1. The number of hydrogen-bond acceptors (Lipinski definition) is 3. The van der Waals surface area contributed by atoms with Crippen LogP contribution in [0.4, 0.5) is 5.69 Å². The first-order valence-electron chi connectivity index (χ1n) is 7.54. The number of halogens is 1. The van der Waals surface area contributed by atoms with Gasteiger partial charge in [-0.3, -0.25) is 4.90 Å². The minimum atomic E-state index is -0.428. The maximum absolute atomic E-state index is 9.73. The van der Waals surface area contributed by atoms with Gasteiger partial charge in [-0.2, -0.15) is 0 Å². The van der Waals surface area contributed by atoms with Crippen molar-refractivity contribution in [2.75, 3.05) is 24.5 Å². The van der Waals surface area contributed by atoms with Gasteiger partial charge in [0.1, 0.15) is 0 Å². The molecule has 20 heavy (non-hydrogen) atoms. The van der Waals surface area contributed by atoms with Gasteiger partial charge in [0.25, 0.3) is 0 Å². The van der Waals surface area contributed by atoms with E-state index < -0.39 is 6.10 Å². The number of benzene rings is 1. The molecule has 110 valence electrons. The Morgan fingerprint density at radius 2 is 2.15 bits per heavy atom. The highest BCUT2D eigenvalue weighted by Crippen LogP contribution is 2.32. The highest BCUT2D eigenvalue weighted by Gasteiger charge is 2.34. The lowest BCUT2D eigenvalue weighted by molar-refractivity contribution is 0.198. The smallest absolute Gasteiger partial charge is 0.0772 e. The molecule has 0 saturated carbocycles. The summed E-state index contributed by atoms with van der Waals surface area (Å²) in [4.78, 5) is 5.16. The van der Waals surface area contributed by atoms with Crippen LogP contribution >= 0.6 is 15.9 Å². The monoisotopic (exact) mass is 338 g/mol. The van der Waals surface area contributed by atoms with Gasteiger partial charge in [-0.05, 0) is 50.9 Å². The van der Waals surface area contributed by atoms with Gasteiger partial charge >= 0.3 is 0 Å². The lowest BCUT2D eigenvalue weighted by atomic mass is 10.1. The molecular weight excluding hydrogens is 316 g/mol. The van der Waals surface area contributed by atoms with Crippen LogP contribution in [0.5, 0.6) is 0 Å². The molecule has 2 unspecified atom stereocenters. The zero-order valence-corrected chi connectivity index (χ0v) is 13.8. The fourth-order valence-corrected chi connectivity index (χ4v) is 4.28. The summed E-state index contributed by atoms with van der Waals surface area (Å²) in [5.74, 6) is 0. The SMILES string of the molecule is CC1CN2CCCC2CN1c1ccc([C@@H](C)O)c(Br)c1. The largest absolute Gasteiger partial charge is 0.389 e. The van der Waals surface area contributed by atoms with E-state index >= 15 is 0 Å². The van der Waals surface area contributed by atoms with Gasteiger partial charge in [0.2, 0.25) is 0 Å². The predicted molar refractivity (Wildman–Crippen MR) is 86.2 cm³/mol. The number of aliphatic hydroxyl groups is 1. The van der Waals surface area contributed by atoms with E-state index in [1.807, 2.05) is 6.07 Å². The molecule has 1 N–H and O–H groups in total. The number of piperazine rings is 1. The molecule has 1 aromatic rings. The molecule has 0 radical (unpaired) electrons. The molecule has 4 heteroatoms. The highest BCUT2D eigenvalue weighted by atomic mass is 79.9. The number of nitrogens with zero attached hydrogens (tertiary/aromatic N) is 2. The van der Waals surface area contributed by atoms with Gasteiger partial charge in [0, 0.05) is 35.3 Å². The minimum Gasteiger partial charge on any atom is -0.389 e. The van der Waals surface area contributed by atoms with Crippen molar-refractivity contribution < 1.29 is 5.11 Å². The first kappa shape index (κ1) is 14.4. The second-order valence-electron chi connectivity index (χ2n) is 6.17. The molecule has 3 rings (SSSR count). The van der Waals surface area contributed by atoms with Crippen LogP contribution in [0, 0.1) is 0 Å². The summed E-state index contributed by atoms with van der Waals surface area (Å²) < 4.78 is 1.01. The third-order valence-electron chi connectivity index (χ3n) is 4.70. The average Bonchev–Trinajstić information content (AvgIpc) is 2.84. The van der Waals surface area contributed by atoms with Crippen LogP contribution in [0.25, 0.3) is 0 Å². The standard InChI is InChI=1S/C16H23BrN2O/c1-11-9-18-7-3-4-14(18)10-19(11)13-5-6-15(12(2)20)16(17)8-13/h5-6,8,11-12,14,20H,3-4,7,9-10H2,1-2H3/t11?,12-,14?/m1/s1. The van der Waals surface area contributed by atoms with Gasteiger partial charge in [-0.1, -0.05) is 22.0 Å². The van der Waals surface area contributed by atoms with Gasteiger partial charge in [-0.15, -0.1) is 0 Å². The summed E-state index contributed by atoms with van der Waals surface area (Å²) in [6.45, 7) is 7.68. The van der Waals surface area contributed by atoms with Crippen molar-refractivity contribution in [3.05, 3.63) is 28.2 Å². The van der Waals surface area contributed by atoms with E-state index in [9.17, 15) is 5.11 Å². The van der Waals surface area contributed by atoms with Crippen molar-refractivity contribution in [2.45, 2.75) is 44.9 Å². The first-order valence-corrected chi connectivity index (χ1v) is 8.34. The molecule has 0 amide bonds. The molecule has 2 aliphatic rings. The fourth-order valence-electron chi connectivity index (χ4n) is 3.58. The van der Waals surface area contributed by atoms with E-state index in [1.54, 1.807) is 6.92 Å². The topological polar surface area (TPSA) is 26.7 Å². The normalized spacial score (nSPS) is 28.5. The van der Waals surface area contributed by atoms with Crippen molar-refractivity contribution in [2.24, 2.45) is 0 Å². The third kappa shape index (κ3) is 2.61.